The van der Waals surface area contributed by atoms with Gasteiger partial charge in [0.05, 0.1) is 11.3 Å². The first-order valence-electron chi connectivity index (χ1n) is 5.45. The molecule has 1 aromatic heterocycles. The largest absolute Gasteiger partial charge is 0.382 e. The molecule has 5 heteroatoms. The number of ether oxygens (including phenoxy) is 1. The SMILES string of the molecule is COC(C)(C)Cc1nc(C(C)C)n(N)c1N. The highest BCUT2D eigenvalue weighted by atomic mass is 16.5. The number of nitrogen functional groups attached to an aromatic ring is 2. The fourth-order valence-corrected chi connectivity index (χ4v) is 1.52. The summed E-state index contributed by atoms with van der Waals surface area (Å²) in [6, 6.07) is 0. The maximum Gasteiger partial charge on any atom is 0.146 e. The summed E-state index contributed by atoms with van der Waals surface area (Å²) in [5.74, 6) is 7.44. The van der Waals surface area contributed by atoms with Gasteiger partial charge in [0.15, 0.2) is 0 Å². The van der Waals surface area contributed by atoms with Crippen molar-refractivity contribution in [1.82, 2.24) is 9.66 Å². The van der Waals surface area contributed by atoms with E-state index < -0.39 is 0 Å². The molecule has 0 aliphatic heterocycles. The average Bonchev–Trinajstić information content (AvgIpc) is 2.46. The van der Waals surface area contributed by atoms with Crippen molar-refractivity contribution < 1.29 is 4.74 Å². The second-order valence-corrected chi connectivity index (χ2v) is 4.97. The summed E-state index contributed by atoms with van der Waals surface area (Å²) in [7, 11) is 1.68. The van der Waals surface area contributed by atoms with Gasteiger partial charge >= 0.3 is 0 Å². The van der Waals surface area contributed by atoms with Gasteiger partial charge in [0.2, 0.25) is 0 Å². The van der Waals surface area contributed by atoms with Crippen molar-refractivity contribution >= 4 is 5.82 Å². The lowest BCUT2D eigenvalue weighted by atomic mass is 10.0. The molecule has 92 valence electrons. The number of nitrogens with zero attached hydrogens (tertiary/aromatic N) is 2. The van der Waals surface area contributed by atoms with Crippen LogP contribution < -0.4 is 11.6 Å². The summed E-state index contributed by atoms with van der Waals surface area (Å²) in [6.07, 6.45) is 0.652. The topological polar surface area (TPSA) is 79.1 Å². The molecule has 16 heavy (non-hydrogen) atoms. The number of nitrogens with two attached hydrogens (primary N) is 2. The van der Waals surface area contributed by atoms with Crippen molar-refractivity contribution in [2.24, 2.45) is 0 Å². The normalized spacial score (nSPS) is 12.4. The molecule has 0 unspecified atom stereocenters. The molecule has 0 bridgehead atoms. The van der Waals surface area contributed by atoms with Crippen LogP contribution >= 0.6 is 0 Å². The zero-order valence-electron chi connectivity index (χ0n) is 10.7. The van der Waals surface area contributed by atoms with E-state index in [9.17, 15) is 0 Å². The van der Waals surface area contributed by atoms with E-state index in [1.165, 1.54) is 4.68 Å². The molecule has 1 rings (SSSR count). The van der Waals surface area contributed by atoms with Crippen molar-refractivity contribution in [1.29, 1.82) is 0 Å². The van der Waals surface area contributed by atoms with E-state index in [0.717, 1.165) is 11.5 Å². The summed E-state index contributed by atoms with van der Waals surface area (Å²) in [5, 5.41) is 0. The van der Waals surface area contributed by atoms with Crippen molar-refractivity contribution in [3.8, 4) is 0 Å². The maximum atomic E-state index is 5.92. The highest BCUT2D eigenvalue weighted by Gasteiger charge is 2.23. The van der Waals surface area contributed by atoms with Crippen LogP contribution in [0.2, 0.25) is 0 Å². The minimum Gasteiger partial charge on any atom is -0.382 e. The van der Waals surface area contributed by atoms with Crippen molar-refractivity contribution in [2.45, 2.75) is 45.6 Å². The fraction of sp³-hybridized carbons (Fsp3) is 0.727. The smallest absolute Gasteiger partial charge is 0.146 e. The molecule has 0 aliphatic rings. The Kier molecular flexibility index (Phi) is 3.48. The third kappa shape index (κ3) is 2.47. The van der Waals surface area contributed by atoms with Gasteiger partial charge in [-0.25, -0.2) is 9.66 Å². The lowest BCUT2D eigenvalue weighted by Gasteiger charge is -2.21. The van der Waals surface area contributed by atoms with Gasteiger partial charge in [-0.05, 0) is 13.8 Å². The molecule has 0 fully saturated rings. The maximum absolute atomic E-state index is 5.92. The number of hydrogen-bond acceptors (Lipinski definition) is 4. The van der Waals surface area contributed by atoms with Crippen LogP contribution in [0.15, 0.2) is 0 Å². The van der Waals surface area contributed by atoms with Crippen LogP contribution in [0.5, 0.6) is 0 Å². The zero-order chi connectivity index (χ0) is 12.5. The number of aromatic nitrogens is 2. The van der Waals surface area contributed by atoms with Gasteiger partial charge in [-0.15, -0.1) is 0 Å². The van der Waals surface area contributed by atoms with Crippen LogP contribution in [0, 0.1) is 0 Å². The molecule has 1 heterocycles. The van der Waals surface area contributed by atoms with Crippen LogP contribution in [0.1, 0.15) is 45.1 Å². The minimum atomic E-state index is -0.281. The second-order valence-electron chi connectivity index (χ2n) is 4.97. The number of methoxy groups -OCH3 is 1. The average molecular weight is 226 g/mol. The Morgan fingerprint density at radius 1 is 1.44 bits per heavy atom. The molecule has 0 saturated carbocycles. The van der Waals surface area contributed by atoms with E-state index >= 15 is 0 Å². The molecular weight excluding hydrogens is 204 g/mol. The number of hydrogen-bond donors (Lipinski definition) is 2. The lowest BCUT2D eigenvalue weighted by molar-refractivity contribution is 0.0226. The molecule has 5 nitrogen and oxygen atoms in total. The summed E-state index contributed by atoms with van der Waals surface area (Å²) < 4.78 is 6.82. The van der Waals surface area contributed by atoms with Gasteiger partial charge in [-0.2, -0.15) is 0 Å². The number of imidazole rings is 1. The van der Waals surface area contributed by atoms with E-state index in [0.29, 0.717) is 12.2 Å². The highest BCUT2D eigenvalue weighted by Crippen LogP contribution is 2.23. The minimum absolute atomic E-state index is 0.256. The van der Waals surface area contributed by atoms with Crippen molar-refractivity contribution in [3.05, 3.63) is 11.5 Å². The van der Waals surface area contributed by atoms with Gasteiger partial charge in [-0.1, -0.05) is 13.8 Å². The van der Waals surface area contributed by atoms with Gasteiger partial charge in [0.1, 0.15) is 11.6 Å². The third-order valence-corrected chi connectivity index (χ3v) is 2.71. The van der Waals surface area contributed by atoms with Crippen LogP contribution in [-0.4, -0.2) is 22.4 Å². The summed E-state index contributed by atoms with van der Waals surface area (Å²) in [6.45, 7) is 8.07. The fourth-order valence-electron chi connectivity index (χ4n) is 1.52. The Hall–Kier alpha value is -1.23. The highest BCUT2D eigenvalue weighted by molar-refractivity contribution is 5.39. The molecule has 0 amide bonds. The van der Waals surface area contributed by atoms with Gasteiger partial charge in [0.25, 0.3) is 0 Å². The Labute approximate surface area is 96.8 Å². The molecule has 0 atom stereocenters. The van der Waals surface area contributed by atoms with Crippen LogP contribution in [0.3, 0.4) is 0 Å². The molecule has 4 N–H and O–H groups in total. The second kappa shape index (κ2) is 4.33. The summed E-state index contributed by atoms with van der Waals surface area (Å²) in [4.78, 5) is 4.47. The first-order chi connectivity index (χ1) is 7.28. The quantitative estimate of drug-likeness (QED) is 0.758. The van der Waals surface area contributed by atoms with Gasteiger partial charge in [-0.3, -0.25) is 0 Å². The van der Waals surface area contributed by atoms with E-state index in [4.69, 9.17) is 16.3 Å². The monoisotopic (exact) mass is 226 g/mol. The van der Waals surface area contributed by atoms with E-state index in [1.807, 2.05) is 27.7 Å². The van der Waals surface area contributed by atoms with Crippen molar-refractivity contribution in [3.63, 3.8) is 0 Å². The van der Waals surface area contributed by atoms with Crippen LogP contribution in [-0.2, 0) is 11.2 Å². The Morgan fingerprint density at radius 3 is 2.38 bits per heavy atom. The predicted molar refractivity (Wildman–Crippen MR) is 65.7 cm³/mol. The Balaban J connectivity index is 3.03. The molecule has 0 aromatic carbocycles. The van der Waals surface area contributed by atoms with Crippen LogP contribution in [0.4, 0.5) is 5.82 Å². The molecule has 0 saturated heterocycles. The molecule has 0 aliphatic carbocycles. The van der Waals surface area contributed by atoms with Crippen molar-refractivity contribution in [2.75, 3.05) is 18.7 Å². The van der Waals surface area contributed by atoms with Gasteiger partial charge < -0.3 is 16.3 Å². The molecule has 0 radical (unpaired) electrons. The summed E-state index contributed by atoms with van der Waals surface area (Å²) >= 11 is 0. The van der Waals surface area contributed by atoms with E-state index in [1.54, 1.807) is 7.11 Å². The first kappa shape index (κ1) is 12.8. The molecular formula is C11H22N4O. The summed E-state index contributed by atoms with van der Waals surface area (Å²) in [5.41, 5.74) is 6.45. The Morgan fingerprint density at radius 2 is 2.00 bits per heavy atom. The standard InChI is InChI=1S/C11H22N4O/c1-7(2)10-14-8(9(12)15(10)13)6-11(3,4)16-5/h7H,6,12-13H2,1-5H3. The number of rotatable bonds is 4. The van der Waals surface area contributed by atoms with Crippen LogP contribution in [0.25, 0.3) is 0 Å². The molecule has 1 aromatic rings. The van der Waals surface area contributed by atoms with E-state index in [-0.39, 0.29) is 11.5 Å². The van der Waals surface area contributed by atoms with E-state index in [2.05, 4.69) is 4.98 Å². The van der Waals surface area contributed by atoms with Gasteiger partial charge in [0, 0.05) is 19.4 Å². The zero-order valence-corrected chi connectivity index (χ0v) is 10.7. The third-order valence-electron chi connectivity index (χ3n) is 2.71. The molecule has 0 spiro atoms. The predicted octanol–water partition coefficient (Wildman–Crippen LogP) is 1.27. The Bertz CT molecular complexity index is 368. The first-order valence-corrected chi connectivity index (χ1v) is 5.45. The lowest BCUT2D eigenvalue weighted by Crippen LogP contribution is -2.26. The number of anilines is 1.